The Balaban J connectivity index is 2.86. The first-order valence-electron chi connectivity index (χ1n) is 6.77. The fourth-order valence-corrected chi connectivity index (χ4v) is 1.77. The summed E-state index contributed by atoms with van der Waals surface area (Å²) in [4.78, 5) is 8.41. The van der Waals surface area contributed by atoms with Crippen LogP contribution >= 0.6 is 0 Å². The van der Waals surface area contributed by atoms with Crippen LogP contribution in [-0.2, 0) is 0 Å². The number of aromatic nitrogens is 2. The molecule has 1 aromatic rings. The van der Waals surface area contributed by atoms with E-state index in [1.54, 1.807) is 7.11 Å². The van der Waals surface area contributed by atoms with Gasteiger partial charge in [-0.05, 0) is 19.3 Å². The number of nitrogens with one attached hydrogen (secondary N) is 2. The summed E-state index contributed by atoms with van der Waals surface area (Å²) in [5.74, 6) is 1.98. The molecule has 0 spiro atoms. The molecule has 108 valence electrons. The minimum Gasteiger partial charge on any atom is -0.490 e. The average molecular weight is 268 g/mol. The highest BCUT2D eigenvalue weighted by atomic mass is 16.5. The number of anilines is 2. The molecule has 1 atom stereocenters. The quantitative estimate of drug-likeness (QED) is 0.634. The molecule has 6 heteroatoms. The van der Waals surface area contributed by atoms with Crippen molar-refractivity contribution in [1.29, 1.82) is 0 Å². The number of aliphatic hydroxyl groups excluding tert-OH is 1. The molecule has 0 amide bonds. The summed E-state index contributed by atoms with van der Waals surface area (Å²) >= 11 is 0. The van der Waals surface area contributed by atoms with Gasteiger partial charge in [0.15, 0.2) is 11.6 Å². The second-order valence-corrected chi connectivity index (χ2v) is 4.29. The van der Waals surface area contributed by atoms with Crippen LogP contribution in [0.15, 0.2) is 6.33 Å². The Morgan fingerprint density at radius 2 is 2.05 bits per heavy atom. The van der Waals surface area contributed by atoms with Crippen LogP contribution in [0.25, 0.3) is 0 Å². The number of nitrogens with zero attached hydrogens (tertiary/aromatic N) is 2. The van der Waals surface area contributed by atoms with Crippen molar-refractivity contribution < 1.29 is 9.84 Å². The smallest absolute Gasteiger partial charge is 0.204 e. The fraction of sp³-hybridized carbons (Fsp3) is 0.692. The molecule has 0 bridgehead atoms. The van der Waals surface area contributed by atoms with Gasteiger partial charge in [0.2, 0.25) is 5.75 Å². The number of methoxy groups -OCH3 is 1. The Morgan fingerprint density at radius 3 is 2.63 bits per heavy atom. The molecule has 0 saturated heterocycles. The van der Waals surface area contributed by atoms with Gasteiger partial charge in [-0.1, -0.05) is 13.8 Å². The van der Waals surface area contributed by atoms with E-state index in [1.165, 1.54) is 6.33 Å². The monoisotopic (exact) mass is 268 g/mol. The molecular weight excluding hydrogens is 244 g/mol. The standard InChI is InChI=1S/C13H24N4O2/c1-4-7-14-12-11(19-3)13(16-9-15-12)17-10(5-2)6-8-18/h9-10,18H,4-8H2,1-3H3,(H2,14,15,16,17). The highest BCUT2D eigenvalue weighted by molar-refractivity contribution is 5.63. The summed E-state index contributed by atoms with van der Waals surface area (Å²) in [6.07, 6.45) is 4.11. The van der Waals surface area contributed by atoms with Crippen molar-refractivity contribution in [2.45, 2.75) is 39.2 Å². The maximum atomic E-state index is 9.03. The Hall–Kier alpha value is -1.56. The van der Waals surface area contributed by atoms with E-state index in [9.17, 15) is 0 Å². The normalized spacial score (nSPS) is 12.0. The molecule has 0 fully saturated rings. The molecule has 1 rings (SSSR count). The van der Waals surface area contributed by atoms with Crippen LogP contribution in [0, 0.1) is 0 Å². The first-order chi connectivity index (χ1) is 9.26. The largest absolute Gasteiger partial charge is 0.490 e. The Bertz CT molecular complexity index is 374. The maximum absolute atomic E-state index is 9.03. The van der Waals surface area contributed by atoms with Crippen molar-refractivity contribution in [3.8, 4) is 5.75 Å². The lowest BCUT2D eigenvalue weighted by Gasteiger charge is -2.19. The second-order valence-electron chi connectivity index (χ2n) is 4.29. The molecule has 0 aliphatic rings. The lowest BCUT2D eigenvalue weighted by Crippen LogP contribution is -2.21. The molecule has 0 saturated carbocycles. The summed E-state index contributed by atoms with van der Waals surface area (Å²) in [7, 11) is 1.61. The van der Waals surface area contributed by atoms with Gasteiger partial charge >= 0.3 is 0 Å². The number of ether oxygens (including phenoxy) is 1. The van der Waals surface area contributed by atoms with Crippen molar-refractivity contribution in [2.75, 3.05) is 30.9 Å². The molecule has 0 aromatic carbocycles. The Morgan fingerprint density at radius 1 is 1.32 bits per heavy atom. The molecule has 1 heterocycles. The predicted octanol–water partition coefficient (Wildman–Crippen LogP) is 1.88. The SMILES string of the molecule is CCCNc1ncnc(NC(CC)CCO)c1OC. The van der Waals surface area contributed by atoms with Crippen molar-refractivity contribution in [1.82, 2.24) is 9.97 Å². The number of hydrogen-bond acceptors (Lipinski definition) is 6. The summed E-state index contributed by atoms with van der Waals surface area (Å²) < 4.78 is 5.38. The topological polar surface area (TPSA) is 79.3 Å². The van der Waals surface area contributed by atoms with Gasteiger partial charge in [-0.15, -0.1) is 0 Å². The van der Waals surface area contributed by atoms with E-state index in [-0.39, 0.29) is 12.6 Å². The number of hydrogen-bond donors (Lipinski definition) is 3. The summed E-state index contributed by atoms with van der Waals surface area (Å²) in [5, 5.41) is 15.5. The third-order valence-electron chi connectivity index (χ3n) is 2.86. The third-order valence-corrected chi connectivity index (χ3v) is 2.86. The second kappa shape index (κ2) is 8.53. The van der Waals surface area contributed by atoms with Crippen molar-refractivity contribution in [3.05, 3.63) is 6.33 Å². The van der Waals surface area contributed by atoms with Crippen LogP contribution in [0.1, 0.15) is 33.1 Å². The van der Waals surface area contributed by atoms with Gasteiger partial charge in [-0.2, -0.15) is 0 Å². The van der Waals surface area contributed by atoms with E-state index in [2.05, 4.69) is 34.4 Å². The highest BCUT2D eigenvalue weighted by Gasteiger charge is 2.14. The zero-order valence-electron chi connectivity index (χ0n) is 11.9. The Kier molecular flexibility index (Phi) is 6.95. The molecule has 0 aliphatic heterocycles. The van der Waals surface area contributed by atoms with Crippen LogP contribution in [0.4, 0.5) is 11.6 Å². The summed E-state index contributed by atoms with van der Waals surface area (Å²) in [6.45, 7) is 5.14. The minimum absolute atomic E-state index is 0.153. The van der Waals surface area contributed by atoms with E-state index in [0.29, 0.717) is 23.8 Å². The van der Waals surface area contributed by atoms with E-state index in [1.807, 2.05) is 0 Å². The molecule has 1 unspecified atom stereocenters. The highest BCUT2D eigenvalue weighted by Crippen LogP contribution is 2.29. The van der Waals surface area contributed by atoms with Crippen molar-refractivity contribution >= 4 is 11.6 Å². The zero-order valence-corrected chi connectivity index (χ0v) is 11.9. The molecule has 1 aromatic heterocycles. The molecule has 3 N–H and O–H groups in total. The first-order valence-corrected chi connectivity index (χ1v) is 6.77. The molecule has 0 aliphatic carbocycles. The van der Waals surface area contributed by atoms with Gasteiger partial charge in [-0.25, -0.2) is 9.97 Å². The molecule has 6 nitrogen and oxygen atoms in total. The van der Waals surface area contributed by atoms with E-state index in [4.69, 9.17) is 9.84 Å². The van der Waals surface area contributed by atoms with Gasteiger partial charge < -0.3 is 20.5 Å². The fourth-order valence-electron chi connectivity index (χ4n) is 1.77. The van der Waals surface area contributed by atoms with Crippen LogP contribution < -0.4 is 15.4 Å². The van der Waals surface area contributed by atoms with Crippen LogP contribution in [-0.4, -0.2) is 41.4 Å². The van der Waals surface area contributed by atoms with Crippen LogP contribution in [0.2, 0.25) is 0 Å². The maximum Gasteiger partial charge on any atom is 0.204 e. The average Bonchev–Trinajstić information content (AvgIpc) is 2.44. The molecule has 19 heavy (non-hydrogen) atoms. The Labute approximate surface area is 114 Å². The van der Waals surface area contributed by atoms with E-state index < -0.39 is 0 Å². The van der Waals surface area contributed by atoms with Crippen molar-refractivity contribution in [2.24, 2.45) is 0 Å². The summed E-state index contributed by atoms with van der Waals surface area (Å²) in [5.41, 5.74) is 0. The van der Waals surface area contributed by atoms with E-state index in [0.717, 1.165) is 19.4 Å². The lowest BCUT2D eigenvalue weighted by molar-refractivity contribution is 0.278. The molecular formula is C13H24N4O2. The lowest BCUT2D eigenvalue weighted by atomic mass is 10.1. The number of aliphatic hydroxyl groups is 1. The predicted molar refractivity (Wildman–Crippen MR) is 76.8 cm³/mol. The van der Waals surface area contributed by atoms with Gasteiger partial charge in [0.1, 0.15) is 6.33 Å². The van der Waals surface area contributed by atoms with E-state index >= 15 is 0 Å². The van der Waals surface area contributed by atoms with Crippen LogP contribution in [0.3, 0.4) is 0 Å². The first kappa shape index (κ1) is 15.5. The minimum atomic E-state index is 0.153. The third kappa shape index (κ3) is 4.55. The summed E-state index contributed by atoms with van der Waals surface area (Å²) in [6, 6.07) is 0.174. The zero-order chi connectivity index (χ0) is 14.1. The van der Waals surface area contributed by atoms with Gasteiger partial charge in [0, 0.05) is 19.2 Å². The molecule has 0 radical (unpaired) electrons. The van der Waals surface area contributed by atoms with Gasteiger partial charge in [-0.3, -0.25) is 0 Å². The van der Waals surface area contributed by atoms with Crippen LogP contribution in [0.5, 0.6) is 5.75 Å². The van der Waals surface area contributed by atoms with Gasteiger partial charge in [0.05, 0.1) is 7.11 Å². The number of rotatable bonds is 9. The van der Waals surface area contributed by atoms with Crippen molar-refractivity contribution in [3.63, 3.8) is 0 Å². The van der Waals surface area contributed by atoms with Gasteiger partial charge in [0.25, 0.3) is 0 Å².